The Hall–Kier alpha value is -3.66. The number of hydrogen-bond acceptors (Lipinski definition) is 6. The molecule has 1 aromatic carbocycles. The fraction of sp³-hybridized carbons (Fsp3) is 0.250. The molecule has 4 heterocycles. The van der Waals surface area contributed by atoms with Crippen LogP contribution in [-0.2, 0) is 0 Å². The molecule has 4 aromatic rings. The standard InChI is InChI=1S/C24H20FN7S/c1-15-20(13-30-32(15)18-5-7-28-8-6-18)16-9-23(24-17(10-26)12-29-31(24)14-16)33-22-4-2-3-21(25)19(22)11-27/h2-4,9,12-14,18,28H,5-8H2,1H3. The number of nitrogens with one attached hydrogen (secondary N) is 1. The van der Waals surface area contributed by atoms with E-state index in [1.165, 1.54) is 24.0 Å². The molecule has 164 valence electrons. The zero-order valence-electron chi connectivity index (χ0n) is 17.9. The molecule has 0 bridgehead atoms. The summed E-state index contributed by atoms with van der Waals surface area (Å²) in [7, 11) is 0. The lowest BCUT2D eigenvalue weighted by Crippen LogP contribution is -2.30. The van der Waals surface area contributed by atoms with E-state index in [9.17, 15) is 14.9 Å². The second kappa shape index (κ2) is 8.70. The molecule has 33 heavy (non-hydrogen) atoms. The van der Waals surface area contributed by atoms with Crippen LogP contribution in [0.3, 0.4) is 0 Å². The minimum Gasteiger partial charge on any atom is -0.317 e. The van der Waals surface area contributed by atoms with Crippen LogP contribution in [0.15, 0.2) is 52.6 Å². The van der Waals surface area contributed by atoms with Crippen LogP contribution in [0.2, 0.25) is 0 Å². The van der Waals surface area contributed by atoms with Crippen LogP contribution in [0.5, 0.6) is 0 Å². The Kier molecular flexibility index (Phi) is 5.59. The van der Waals surface area contributed by atoms with Gasteiger partial charge < -0.3 is 5.32 Å². The zero-order valence-corrected chi connectivity index (χ0v) is 18.7. The van der Waals surface area contributed by atoms with E-state index in [-0.39, 0.29) is 5.56 Å². The number of benzene rings is 1. The lowest BCUT2D eigenvalue weighted by Gasteiger charge is -2.24. The summed E-state index contributed by atoms with van der Waals surface area (Å²) in [5.74, 6) is -0.567. The fourth-order valence-corrected chi connectivity index (χ4v) is 5.45. The molecule has 0 amide bonds. The maximum absolute atomic E-state index is 14.2. The van der Waals surface area contributed by atoms with E-state index >= 15 is 0 Å². The number of fused-ring (bicyclic) bond motifs is 1. The Morgan fingerprint density at radius 2 is 1.94 bits per heavy atom. The zero-order chi connectivity index (χ0) is 22.9. The van der Waals surface area contributed by atoms with Gasteiger partial charge in [-0.25, -0.2) is 8.91 Å². The first-order valence-corrected chi connectivity index (χ1v) is 11.5. The summed E-state index contributed by atoms with van der Waals surface area (Å²) in [6, 6.07) is 11.0. The highest BCUT2D eigenvalue weighted by Crippen LogP contribution is 2.38. The summed E-state index contributed by atoms with van der Waals surface area (Å²) in [4.78, 5) is 1.21. The largest absolute Gasteiger partial charge is 0.317 e. The van der Waals surface area contributed by atoms with Gasteiger partial charge in [0.05, 0.1) is 29.5 Å². The third kappa shape index (κ3) is 3.76. The van der Waals surface area contributed by atoms with Gasteiger partial charge in [0.25, 0.3) is 0 Å². The third-order valence-electron chi connectivity index (χ3n) is 6.01. The number of halogens is 1. The van der Waals surface area contributed by atoms with Gasteiger partial charge >= 0.3 is 0 Å². The molecular weight excluding hydrogens is 437 g/mol. The van der Waals surface area contributed by atoms with Gasteiger partial charge in [0, 0.05) is 32.8 Å². The third-order valence-corrected chi connectivity index (χ3v) is 7.11. The van der Waals surface area contributed by atoms with Gasteiger partial charge in [-0.3, -0.25) is 4.68 Å². The molecule has 1 aliphatic heterocycles. The van der Waals surface area contributed by atoms with Crippen LogP contribution in [0.4, 0.5) is 4.39 Å². The van der Waals surface area contributed by atoms with E-state index in [1.807, 2.05) is 24.5 Å². The van der Waals surface area contributed by atoms with Crippen molar-refractivity contribution < 1.29 is 4.39 Å². The molecule has 0 atom stereocenters. The quantitative estimate of drug-likeness (QED) is 0.486. The molecule has 1 fully saturated rings. The fourth-order valence-electron chi connectivity index (χ4n) is 4.33. The summed E-state index contributed by atoms with van der Waals surface area (Å²) in [5.41, 5.74) is 3.97. The lowest BCUT2D eigenvalue weighted by molar-refractivity contribution is 0.338. The average molecular weight is 458 g/mol. The summed E-state index contributed by atoms with van der Waals surface area (Å²) >= 11 is 1.26. The van der Waals surface area contributed by atoms with E-state index in [0.29, 0.717) is 22.0 Å². The van der Waals surface area contributed by atoms with Crippen LogP contribution >= 0.6 is 11.8 Å². The average Bonchev–Trinajstić information content (AvgIpc) is 3.43. The Labute approximate surface area is 194 Å². The minimum atomic E-state index is -0.567. The normalized spacial score (nSPS) is 14.3. The predicted octanol–water partition coefficient (Wildman–Crippen LogP) is 4.46. The Morgan fingerprint density at radius 1 is 1.12 bits per heavy atom. The first-order chi connectivity index (χ1) is 16.1. The van der Waals surface area contributed by atoms with E-state index in [0.717, 1.165) is 47.6 Å². The van der Waals surface area contributed by atoms with Crippen LogP contribution in [0.1, 0.15) is 35.7 Å². The summed E-state index contributed by atoms with van der Waals surface area (Å²) in [6.45, 7) is 4.02. The van der Waals surface area contributed by atoms with Crippen molar-refractivity contribution >= 4 is 17.3 Å². The van der Waals surface area contributed by atoms with E-state index in [4.69, 9.17) is 0 Å². The van der Waals surface area contributed by atoms with Gasteiger partial charge in [-0.15, -0.1) is 0 Å². The molecule has 1 aliphatic rings. The van der Waals surface area contributed by atoms with Gasteiger partial charge in [-0.05, 0) is 51.1 Å². The highest BCUT2D eigenvalue weighted by atomic mass is 32.2. The first-order valence-electron chi connectivity index (χ1n) is 10.6. The Morgan fingerprint density at radius 3 is 2.70 bits per heavy atom. The number of pyridine rings is 1. The molecular formula is C24H20FN7S. The molecule has 7 nitrogen and oxygen atoms in total. The van der Waals surface area contributed by atoms with Gasteiger partial charge in [-0.2, -0.15) is 20.7 Å². The highest BCUT2D eigenvalue weighted by molar-refractivity contribution is 7.99. The summed E-state index contributed by atoms with van der Waals surface area (Å²) in [6.07, 6.45) is 7.33. The Bertz CT molecular complexity index is 1430. The lowest BCUT2D eigenvalue weighted by atomic mass is 10.1. The van der Waals surface area contributed by atoms with Crippen molar-refractivity contribution in [2.45, 2.75) is 35.6 Å². The molecule has 5 rings (SSSR count). The predicted molar refractivity (Wildman–Crippen MR) is 122 cm³/mol. The van der Waals surface area contributed by atoms with Gasteiger partial charge in [-0.1, -0.05) is 17.8 Å². The molecule has 0 spiro atoms. The number of piperidine rings is 1. The van der Waals surface area contributed by atoms with Crippen molar-refractivity contribution in [3.05, 3.63) is 65.5 Å². The van der Waals surface area contributed by atoms with Gasteiger partial charge in [0.1, 0.15) is 23.5 Å². The molecule has 1 N–H and O–H groups in total. The molecule has 0 saturated carbocycles. The molecule has 1 saturated heterocycles. The van der Waals surface area contributed by atoms with Crippen molar-refractivity contribution in [2.75, 3.05) is 13.1 Å². The van der Waals surface area contributed by atoms with Gasteiger partial charge in [0.2, 0.25) is 0 Å². The Balaban J connectivity index is 1.63. The van der Waals surface area contributed by atoms with Crippen molar-refractivity contribution in [3.8, 4) is 23.3 Å². The number of aromatic nitrogens is 4. The van der Waals surface area contributed by atoms with Crippen LogP contribution in [0, 0.1) is 35.4 Å². The van der Waals surface area contributed by atoms with Crippen LogP contribution in [0.25, 0.3) is 16.6 Å². The van der Waals surface area contributed by atoms with Crippen molar-refractivity contribution in [2.24, 2.45) is 0 Å². The van der Waals surface area contributed by atoms with Crippen molar-refractivity contribution in [1.82, 2.24) is 24.7 Å². The number of rotatable bonds is 4. The molecule has 0 aliphatic carbocycles. The van der Waals surface area contributed by atoms with E-state index in [2.05, 4.69) is 33.2 Å². The van der Waals surface area contributed by atoms with Crippen LogP contribution in [-0.4, -0.2) is 32.5 Å². The van der Waals surface area contributed by atoms with Gasteiger partial charge in [0.15, 0.2) is 0 Å². The SMILES string of the molecule is Cc1c(-c2cc(Sc3cccc(F)c3C#N)c3c(C#N)cnn3c2)cnn1C1CCNCC1. The number of nitrogens with zero attached hydrogens (tertiary/aromatic N) is 6. The van der Waals surface area contributed by atoms with Crippen molar-refractivity contribution in [3.63, 3.8) is 0 Å². The monoisotopic (exact) mass is 457 g/mol. The second-order valence-corrected chi connectivity index (χ2v) is 9.04. The highest BCUT2D eigenvalue weighted by Gasteiger charge is 2.21. The summed E-state index contributed by atoms with van der Waals surface area (Å²) < 4.78 is 18.0. The minimum absolute atomic E-state index is 0.0148. The van der Waals surface area contributed by atoms with Crippen LogP contribution < -0.4 is 5.32 Å². The topological polar surface area (TPSA) is 94.7 Å². The smallest absolute Gasteiger partial charge is 0.142 e. The molecule has 3 aromatic heterocycles. The van der Waals surface area contributed by atoms with Crippen molar-refractivity contribution in [1.29, 1.82) is 10.5 Å². The van der Waals surface area contributed by atoms with E-state index < -0.39 is 5.82 Å². The maximum atomic E-state index is 14.2. The maximum Gasteiger partial charge on any atom is 0.142 e. The second-order valence-electron chi connectivity index (χ2n) is 7.95. The number of hydrogen-bond donors (Lipinski definition) is 1. The number of nitriles is 2. The first kappa shape index (κ1) is 21.2. The molecule has 0 unspecified atom stereocenters. The molecule has 0 radical (unpaired) electrons. The summed E-state index contributed by atoms with van der Waals surface area (Å²) in [5, 5.41) is 31.5. The van der Waals surface area contributed by atoms with E-state index in [1.54, 1.807) is 16.6 Å². The molecule has 9 heteroatoms.